The van der Waals surface area contributed by atoms with Crippen LogP contribution in [0.1, 0.15) is 32.6 Å². The van der Waals surface area contributed by atoms with Crippen molar-refractivity contribution in [3.63, 3.8) is 0 Å². The summed E-state index contributed by atoms with van der Waals surface area (Å²) in [5, 5.41) is 9.98. The topological polar surface area (TPSA) is 74.8 Å². The molecule has 0 saturated carbocycles. The summed E-state index contributed by atoms with van der Waals surface area (Å²) in [6.07, 6.45) is 3.60. The summed E-state index contributed by atoms with van der Waals surface area (Å²) in [6, 6.07) is 7.09. The van der Waals surface area contributed by atoms with Gasteiger partial charge in [-0.15, -0.1) is 24.0 Å². The molecule has 1 unspecified atom stereocenters. The average molecular weight is 495 g/mol. The molecule has 6 nitrogen and oxygen atoms in total. The highest BCUT2D eigenvalue weighted by Crippen LogP contribution is 2.13. The van der Waals surface area contributed by atoms with E-state index in [4.69, 9.17) is 16.3 Å². The van der Waals surface area contributed by atoms with Crippen molar-refractivity contribution in [3.05, 3.63) is 29.3 Å². The lowest BCUT2D eigenvalue weighted by molar-refractivity contribution is -0.116. The Bertz CT molecular complexity index is 563. The summed E-state index contributed by atoms with van der Waals surface area (Å²) < 4.78 is 5.58. The molecule has 1 fully saturated rings. The van der Waals surface area contributed by atoms with E-state index in [9.17, 15) is 4.79 Å². The van der Waals surface area contributed by atoms with Crippen molar-refractivity contribution in [2.45, 2.75) is 38.7 Å². The normalized spacial score (nSPS) is 16.7. The Morgan fingerprint density at radius 2 is 2.08 bits per heavy atom. The lowest BCUT2D eigenvalue weighted by Crippen LogP contribution is -2.38. The molecule has 3 N–H and O–H groups in total. The zero-order valence-corrected chi connectivity index (χ0v) is 18.2. The van der Waals surface area contributed by atoms with Gasteiger partial charge in [0.05, 0.1) is 12.6 Å². The molecule has 1 aromatic rings. The van der Waals surface area contributed by atoms with Crippen LogP contribution in [0.3, 0.4) is 0 Å². The largest absolute Gasteiger partial charge is 0.376 e. The third-order valence-electron chi connectivity index (χ3n) is 3.82. The SMILES string of the molecule is CCNC(=NCC1CCCO1)NCCCC(=O)Nc1ccc(Cl)cc1.I. The number of carbonyl (C=O) groups excluding carboxylic acids is 1. The van der Waals surface area contributed by atoms with Crippen LogP contribution in [0.5, 0.6) is 0 Å². The van der Waals surface area contributed by atoms with E-state index in [2.05, 4.69) is 20.9 Å². The highest BCUT2D eigenvalue weighted by Gasteiger charge is 2.14. The molecule has 0 aromatic heterocycles. The molecule has 26 heavy (non-hydrogen) atoms. The van der Waals surface area contributed by atoms with E-state index in [-0.39, 0.29) is 36.0 Å². The molecule has 0 aliphatic carbocycles. The standard InChI is InChI=1S/C18H27ClN4O2.HI/c1-2-20-18(22-13-16-5-4-12-25-16)21-11-3-6-17(24)23-15-9-7-14(19)8-10-15;/h7-10,16H,2-6,11-13H2,1H3,(H,23,24)(H2,20,21,22);1H. The van der Waals surface area contributed by atoms with Crippen LogP contribution < -0.4 is 16.0 Å². The summed E-state index contributed by atoms with van der Waals surface area (Å²) in [5.74, 6) is 0.765. The summed E-state index contributed by atoms with van der Waals surface area (Å²) in [7, 11) is 0. The van der Waals surface area contributed by atoms with Crippen molar-refractivity contribution in [2.75, 3.05) is 31.6 Å². The van der Waals surface area contributed by atoms with E-state index < -0.39 is 0 Å². The van der Waals surface area contributed by atoms with Gasteiger partial charge in [0.25, 0.3) is 0 Å². The van der Waals surface area contributed by atoms with Crippen LogP contribution in [0, 0.1) is 0 Å². The van der Waals surface area contributed by atoms with Crippen LogP contribution in [-0.4, -0.2) is 44.2 Å². The van der Waals surface area contributed by atoms with Crippen molar-refractivity contribution in [1.29, 1.82) is 0 Å². The quantitative estimate of drug-likeness (QED) is 0.224. The second kappa shape index (κ2) is 13.2. The summed E-state index contributed by atoms with van der Waals surface area (Å²) in [6.45, 7) is 5.03. The van der Waals surface area contributed by atoms with Crippen LogP contribution in [0.2, 0.25) is 5.02 Å². The van der Waals surface area contributed by atoms with Gasteiger partial charge in [0.1, 0.15) is 0 Å². The van der Waals surface area contributed by atoms with Crippen molar-refractivity contribution < 1.29 is 9.53 Å². The van der Waals surface area contributed by atoms with E-state index >= 15 is 0 Å². The Kier molecular flexibility index (Phi) is 11.6. The number of carbonyl (C=O) groups is 1. The van der Waals surface area contributed by atoms with Gasteiger partial charge in [0, 0.05) is 36.8 Å². The molecule has 0 bridgehead atoms. The zero-order valence-electron chi connectivity index (χ0n) is 15.1. The molecule has 8 heteroatoms. The van der Waals surface area contributed by atoms with Crippen molar-refractivity contribution in [1.82, 2.24) is 10.6 Å². The number of amides is 1. The van der Waals surface area contributed by atoms with E-state index in [0.717, 1.165) is 44.1 Å². The minimum absolute atomic E-state index is 0. The van der Waals surface area contributed by atoms with Crippen LogP contribution >= 0.6 is 35.6 Å². The number of aliphatic imine (C=N–C) groups is 1. The Balaban J connectivity index is 0.00000338. The molecule has 0 spiro atoms. The molecule has 1 aliphatic rings. The minimum atomic E-state index is -0.00887. The van der Waals surface area contributed by atoms with Crippen LogP contribution in [0.15, 0.2) is 29.3 Å². The summed E-state index contributed by atoms with van der Waals surface area (Å²) >= 11 is 5.83. The van der Waals surface area contributed by atoms with Crippen LogP contribution in [0.4, 0.5) is 5.69 Å². The number of rotatable bonds is 8. The minimum Gasteiger partial charge on any atom is -0.376 e. The second-order valence-electron chi connectivity index (χ2n) is 5.94. The first-order chi connectivity index (χ1) is 12.2. The number of halogens is 2. The molecule has 146 valence electrons. The van der Waals surface area contributed by atoms with Crippen molar-refractivity contribution in [3.8, 4) is 0 Å². The van der Waals surface area contributed by atoms with Gasteiger partial charge >= 0.3 is 0 Å². The predicted molar refractivity (Wildman–Crippen MR) is 118 cm³/mol. The third kappa shape index (κ3) is 9.05. The fourth-order valence-corrected chi connectivity index (χ4v) is 2.66. The first-order valence-corrected chi connectivity index (χ1v) is 9.24. The molecular weight excluding hydrogens is 467 g/mol. The number of hydrogen-bond acceptors (Lipinski definition) is 3. The Morgan fingerprint density at radius 3 is 2.73 bits per heavy atom. The van der Waals surface area contributed by atoms with Crippen molar-refractivity contribution >= 4 is 53.1 Å². The Labute approximate surface area is 177 Å². The van der Waals surface area contributed by atoms with Gasteiger partial charge in [0.15, 0.2) is 5.96 Å². The molecule has 2 rings (SSSR count). The lowest BCUT2D eigenvalue weighted by Gasteiger charge is -2.13. The number of guanidine groups is 1. The fraction of sp³-hybridized carbons (Fsp3) is 0.556. The number of nitrogens with one attached hydrogen (secondary N) is 3. The average Bonchev–Trinajstić information content (AvgIpc) is 3.12. The number of nitrogens with zero attached hydrogens (tertiary/aromatic N) is 1. The van der Waals surface area contributed by atoms with Crippen LogP contribution in [0.25, 0.3) is 0 Å². The zero-order chi connectivity index (χ0) is 17.9. The Hall–Kier alpha value is -1.06. The molecule has 0 radical (unpaired) electrons. The number of benzene rings is 1. The number of ether oxygens (including phenoxy) is 1. The van der Waals surface area contributed by atoms with E-state index in [0.29, 0.717) is 24.5 Å². The second-order valence-corrected chi connectivity index (χ2v) is 6.38. The van der Waals surface area contributed by atoms with E-state index in [1.807, 2.05) is 6.92 Å². The lowest BCUT2D eigenvalue weighted by atomic mass is 10.2. The Morgan fingerprint density at radius 1 is 1.31 bits per heavy atom. The van der Waals surface area contributed by atoms with Gasteiger partial charge < -0.3 is 20.7 Å². The van der Waals surface area contributed by atoms with Gasteiger partial charge in [-0.2, -0.15) is 0 Å². The maximum atomic E-state index is 11.9. The first kappa shape index (κ1) is 23.0. The highest BCUT2D eigenvalue weighted by atomic mass is 127. The first-order valence-electron chi connectivity index (χ1n) is 8.86. The molecule has 1 atom stereocenters. The molecule has 1 amide bonds. The molecule has 1 aromatic carbocycles. The molecule has 1 heterocycles. The van der Waals surface area contributed by atoms with Crippen LogP contribution in [-0.2, 0) is 9.53 Å². The van der Waals surface area contributed by atoms with Gasteiger partial charge in [-0.3, -0.25) is 9.79 Å². The maximum absolute atomic E-state index is 11.9. The monoisotopic (exact) mass is 494 g/mol. The number of anilines is 1. The molecular formula is C18H28ClIN4O2. The summed E-state index contributed by atoms with van der Waals surface area (Å²) in [5.41, 5.74) is 0.758. The third-order valence-corrected chi connectivity index (χ3v) is 4.07. The fourth-order valence-electron chi connectivity index (χ4n) is 2.54. The van der Waals surface area contributed by atoms with Gasteiger partial charge in [-0.25, -0.2) is 0 Å². The number of hydrogen-bond donors (Lipinski definition) is 3. The van der Waals surface area contributed by atoms with Crippen molar-refractivity contribution in [2.24, 2.45) is 4.99 Å². The highest BCUT2D eigenvalue weighted by molar-refractivity contribution is 14.0. The smallest absolute Gasteiger partial charge is 0.224 e. The van der Waals surface area contributed by atoms with E-state index in [1.54, 1.807) is 24.3 Å². The molecule has 1 aliphatic heterocycles. The maximum Gasteiger partial charge on any atom is 0.224 e. The van der Waals surface area contributed by atoms with E-state index in [1.165, 1.54) is 0 Å². The van der Waals surface area contributed by atoms with Gasteiger partial charge in [-0.05, 0) is 50.5 Å². The summed E-state index contributed by atoms with van der Waals surface area (Å²) in [4.78, 5) is 16.5. The predicted octanol–water partition coefficient (Wildman–Crippen LogP) is 3.41. The van der Waals surface area contributed by atoms with Gasteiger partial charge in [0.2, 0.25) is 5.91 Å². The van der Waals surface area contributed by atoms with Gasteiger partial charge in [-0.1, -0.05) is 11.6 Å². The molecule has 1 saturated heterocycles.